The molecule has 166 valence electrons. The van der Waals surface area contributed by atoms with E-state index < -0.39 is 12.1 Å². The molecule has 1 atom stereocenters. The first-order chi connectivity index (χ1) is 16.1. The van der Waals surface area contributed by atoms with Crippen molar-refractivity contribution >= 4 is 16.9 Å². The monoisotopic (exact) mass is 440 g/mol. The van der Waals surface area contributed by atoms with Gasteiger partial charge >= 0.3 is 5.97 Å². The summed E-state index contributed by atoms with van der Waals surface area (Å²) >= 11 is 0. The highest BCUT2D eigenvalue weighted by atomic mass is 16.5. The van der Waals surface area contributed by atoms with E-state index in [0.717, 1.165) is 16.5 Å². The maximum atomic E-state index is 11.5. The van der Waals surface area contributed by atoms with Crippen molar-refractivity contribution in [2.45, 2.75) is 13.0 Å². The maximum absolute atomic E-state index is 11.5. The third kappa shape index (κ3) is 5.61. The smallest absolute Gasteiger partial charge is 0.337 e. The minimum absolute atomic E-state index is 0.147. The van der Waals surface area contributed by atoms with E-state index in [9.17, 15) is 9.90 Å². The number of benzene rings is 3. The molecule has 0 aliphatic heterocycles. The molecule has 0 aliphatic carbocycles. The molecule has 3 aromatic carbocycles. The number of aryl methyl sites for hydroxylation is 1. The van der Waals surface area contributed by atoms with E-state index in [1.807, 2.05) is 61.5 Å². The summed E-state index contributed by atoms with van der Waals surface area (Å²) < 4.78 is 11.5. The molecule has 33 heavy (non-hydrogen) atoms. The largest absolute Gasteiger partial charge is 0.479 e. The van der Waals surface area contributed by atoms with Crippen LogP contribution in [0.15, 0.2) is 91.0 Å². The number of carboxylic acid groups (broad SMARTS) is 1. The summed E-state index contributed by atoms with van der Waals surface area (Å²) in [6.07, 6.45) is 2.51. The lowest BCUT2D eigenvalue weighted by molar-refractivity contribution is -0.150. The second-order valence-corrected chi connectivity index (χ2v) is 7.48. The van der Waals surface area contributed by atoms with E-state index in [2.05, 4.69) is 9.97 Å². The number of aliphatic carboxylic acids is 1. The van der Waals surface area contributed by atoms with Gasteiger partial charge in [-0.3, -0.25) is 0 Å². The molecule has 1 N–H and O–H groups in total. The first-order valence-electron chi connectivity index (χ1n) is 10.6. The SMILES string of the molecule is Cc1ccc(-c2nc(OC/C=C/COC(C(=O)O)c3ccccc3)c3ccccc3n2)cc1. The van der Waals surface area contributed by atoms with Crippen molar-refractivity contribution in [2.24, 2.45) is 0 Å². The number of hydrogen-bond acceptors (Lipinski definition) is 5. The molecule has 0 fully saturated rings. The number of fused-ring (bicyclic) bond motifs is 1. The van der Waals surface area contributed by atoms with Gasteiger partial charge in [-0.1, -0.05) is 78.4 Å². The highest BCUT2D eigenvalue weighted by Crippen LogP contribution is 2.26. The molecule has 0 radical (unpaired) electrons. The van der Waals surface area contributed by atoms with Gasteiger partial charge < -0.3 is 14.6 Å². The molecule has 1 aromatic heterocycles. The van der Waals surface area contributed by atoms with Crippen LogP contribution in [0.25, 0.3) is 22.3 Å². The second-order valence-electron chi connectivity index (χ2n) is 7.48. The minimum Gasteiger partial charge on any atom is -0.479 e. The highest BCUT2D eigenvalue weighted by Gasteiger charge is 2.19. The molecule has 0 aliphatic rings. The van der Waals surface area contributed by atoms with Crippen molar-refractivity contribution in [3.63, 3.8) is 0 Å². The quantitative estimate of drug-likeness (QED) is 0.352. The van der Waals surface area contributed by atoms with Crippen LogP contribution >= 0.6 is 0 Å². The number of carbonyl (C=O) groups is 1. The Morgan fingerprint density at radius 2 is 1.61 bits per heavy atom. The van der Waals surface area contributed by atoms with Crippen LogP contribution in [0.2, 0.25) is 0 Å². The van der Waals surface area contributed by atoms with Crippen LogP contribution in [0, 0.1) is 6.92 Å². The minimum atomic E-state index is -1.03. The van der Waals surface area contributed by atoms with Gasteiger partial charge in [0.1, 0.15) is 6.61 Å². The van der Waals surface area contributed by atoms with Crippen molar-refractivity contribution in [3.05, 3.63) is 102 Å². The third-order valence-corrected chi connectivity index (χ3v) is 5.05. The normalized spacial score (nSPS) is 12.2. The van der Waals surface area contributed by atoms with E-state index in [-0.39, 0.29) is 13.2 Å². The lowest BCUT2D eigenvalue weighted by Crippen LogP contribution is -2.15. The summed E-state index contributed by atoms with van der Waals surface area (Å²) in [7, 11) is 0. The van der Waals surface area contributed by atoms with Gasteiger partial charge in [0, 0.05) is 5.56 Å². The predicted octanol–water partition coefficient (Wildman–Crippen LogP) is 5.38. The Hall–Kier alpha value is -4.03. The van der Waals surface area contributed by atoms with Crippen molar-refractivity contribution in [1.29, 1.82) is 0 Å². The van der Waals surface area contributed by atoms with E-state index in [1.165, 1.54) is 5.56 Å². The van der Waals surface area contributed by atoms with Crippen molar-refractivity contribution < 1.29 is 19.4 Å². The molecule has 6 nitrogen and oxygen atoms in total. The number of carboxylic acids is 1. The molecule has 4 rings (SSSR count). The fourth-order valence-corrected chi connectivity index (χ4v) is 3.34. The number of rotatable bonds is 9. The average molecular weight is 440 g/mol. The summed E-state index contributed by atoms with van der Waals surface area (Å²) in [6, 6.07) is 24.6. The third-order valence-electron chi connectivity index (χ3n) is 5.05. The Kier molecular flexibility index (Phi) is 7.07. The predicted molar refractivity (Wildman–Crippen MR) is 127 cm³/mol. The zero-order chi connectivity index (χ0) is 23.0. The standard InChI is InChI=1S/C27H24N2O4/c1-19-13-15-21(16-14-19)25-28-23-12-6-5-11-22(23)26(29-25)33-18-8-7-17-32-24(27(30)31)20-9-3-2-4-10-20/h2-16,24H,17-18H2,1H3,(H,30,31)/b8-7+. The first kappa shape index (κ1) is 22.2. The van der Waals surface area contributed by atoms with E-state index in [1.54, 1.807) is 36.4 Å². The summed E-state index contributed by atoms with van der Waals surface area (Å²) in [5.74, 6) is 0.0690. The Labute approximate surface area is 192 Å². The zero-order valence-electron chi connectivity index (χ0n) is 18.2. The number of hydrogen-bond donors (Lipinski definition) is 1. The van der Waals surface area contributed by atoms with Crippen LogP contribution in [0.4, 0.5) is 0 Å². The number of para-hydroxylation sites is 1. The molecule has 0 saturated heterocycles. The summed E-state index contributed by atoms with van der Waals surface area (Å²) in [6.45, 7) is 2.45. The van der Waals surface area contributed by atoms with Crippen molar-refractivity contribution in [3.8, 4) is 17.3 Å². The van der Waals surface area contributed by atoms with Crippen LogP contribution in [0.1, 0.15) is 17.2 Å². The maximum Gasteiger partial charge on any atom is 0.337 e. The molecule has 0 saturated carbocycles. The van der Waals surface area contributed by atoms with Gasteiger partial charge in [-0.2, -0.15) is 4.98 Å². The van der Waals surface area contributed by atoms with E-state index >= 15 is 0 Å². The topological polar surface area (TPSA) is 81.5 Å². The molecule has 1 unspecified atom stereocenters. The highest BCUT2D eigenvalue weighted by molar-refractivity contribution is 5.85. The van der Waals surface area contributed by atoms with Crippen LogP contribution in [-0.2, 0) is 9.53 Å². The van der Waals surface area contributed by atoms with Gasteiger partial charge in [-0.05, 0) is 30.7 Å². The molecule has 0 bridgehead atoms. The zero-order valence-corrected chi connectivity index (χ0v) is 18.2. The van der Waals surface area contributed by atoms with Gasteiger partial charge in [0.25, 0.3) is 0 Å². The summed E-state index contributed by atoms with van der Waals surface area (Å²) in [4.78, 5) is 20.8. The molecule has 0 spiro atoms. The van der Waals surface area contributed by atoms with Crippen molar-refractivity contribution in [1.82, 2.24) is 9.97 Å². The van der Waals surface area contributed by atoms with Crippen LogP contribution in [0.5, 0.6) is 5.88 Å². The lowest BCUT2D eigenvalue weighted by Gasteiger charge is -2.12. The van der Waals surface area contributed by atoms with E-state index in [4.69, 9.17) is 9.47 Å². The molecule has 0 amide bonds. The molecule has 4 aromatic rings. The number of ether oxygens (including phenoxy) is 2. The fraction of sp³-hybridized carbons (Fsp3) is 0.148. The Morgan fingerprint density at radius 1 is 0.909 bits per heavy atom. The first-order valence-corrected chi connectivity index (χ1v) is 10.6. The molecular weight excluding hydrogens is 416 g/mol. The average Bonchev–Trinajstić information content (AvgIpc) is 2.84. The Bertz CT molecular complexity index is 1250. The number of nitrogens with zero attached hydrogens (tertiary/aromatic N) is 2. The summed E-state index contributed by atoms with van der Waals surface area (Å²) in [5.41, 5.74) is 3.49. The molecule has 1 heterocycles. The Morgan fingerprint density at radius 3 is 2.36 bits per heavy atom. The van der Waals surface area contributed by atoms with Gasteiger partial charge in [-0.25, -0.2) is 9.78 Å². The van der Waals surface area contributed by atoms with Gasteiger partial charge in [0.05, 0.1) is 17.5 Å². The molecular formula is C27H24N2O4. The Balaban J connectivity index is 1.43. The fourth-order valence-electron chi connectivity index (χ4n) is 3.34. The van der Waals surface area contributed by atoms with E-state index in [0.29, 0.717) is 17.3 Å². The van der Waals surface area contributed by atoms with Crippen molar-refractivity contribution in [2.75, 3.05) is 13.2 Å². The van der Waals surface area contributed by atoms with Crippen LogP contribution in [0.3, 0.4) is 0 Å². The van der Waals surface area contributed by atoms with Gasteiger partial charge in [0.15, 0.2) is 11.9 Å². The second kappa shape index (κ2) is 10.5. The molecule has 6 heteroatoms. The van der Waals surface area contributed by atoms with Crippen LogP contribution in [-0.4, -0.2) is 34.3 Å². The van der Waals surface area contributed by atoms with Gasteiger partial charge in [0.2, 0.25) is 5.88 Å². The van der Waals surface area contributed by atoms with Crippen LogP contribution < -0.4 is 4.74 Å². The number of aromatic nitrogens is 2. The summed E-state index contributed by atoms with van der Waals surface area (Å²) in [5, 5.41) is 10.3. The van der Waals surface area contributed by atoms with Gasteiger partial charge in [-0.15, -0.1) is 0 Å². The lowest BCUT2D eigenvalue weighted by atomic mass is 10.1.